The number of nitrogens with two attached hydrogens (primary N) is 1. The van der Waals surface area contributed by atoms with E-state index in [1.807, 2.05) is 0 Å². The molecule has 2 rings (SSSR count). The van der Waals surface area contributed by atoms with Gasteiger partial charge in [-0.1, -0.05) is 34.1 Å². The molecule has 0 bridgehead atoms. The van der Waals surface area contributed by atoms with Gasteiger partial charge in [-0.3, -0.25) is 0 Å². The van der Waals surface area contributed by atoms with Crippen LogP contribution in [0.5, 0.6) is 0 Å². The lowest BCUT2D eigenvalue weighted by molar-refractivity contribution is 0.0473. The summed E-state index contributed by atoms with van der Waals surface area (Å²) in [6.07, 6.45) is 0. The van der Waals surface area contributed by atoms with Crippen LogP contribution in [0.3, 0.4) is 0 Å². The SMILES string of the molecule is Nc1ccccc1C(=O)OCc1ccc(F)cc1Br. The van der Waals surface area contributed by atoms with Crippen LogP contribution in [0.2, 0.25) is 0 Å². The molecule has 5 heteroatoms. The van der Waals surface area contributed by atoms with E-state index in [0.717, 1.165) is 0 Å². The number of ether oxygens (including phenoxy) is 1. The minimum absolute atomic E-state index is 0.0496. The Labute approximate surface area is 118 Å². The van der Waals surface area contributed by atoms with Crippen molar-refractivity contribution in [2.45, 2.75) is 6.61 Å². The first-order valence-electron chi connectivity index (χ1n) is 5.53. The van der Waals surface area contributed by atoms with Gasteiger partial charge in [0, 0.05) is 15.7 Å². The van der Waals surface area contributed by atoms with Crippen molar-refractivity contribution in [3.8, 4) is 0 Å². The molecule has 0 amide bonds. The average Bonchev–Trinajstić information content (AvgIpc) is 2.38. The normalized spacial score (nSPS) is 10.2. The number of esters is 1. The highest BCUT2D eigenvalue weighted by molar-refractivity contribution is 9.10. The van der Waals surface area contributed by atoms with Crippen molar-refractivity contribution in [2.24, 2.45) is 0 Å². The highest BCUT2D eigenvalue weighted by Gasteiger charge is 2.11. The third-order valence-electron chi connectivity index (χ3n) is 2.55. The number of halogens is 2. The first-order chi connectivity index (χ1) is 9.08. The highest BCUT2D eigenvalue weighted by atomic mass is 79.9. The summed E-state index contributed by atoms with van der Waals surface area (Å²) >= 11 is 3.21. The van der Waals surface area contributed by atoms with E-state index in [4.69, 9.17) is 10.5 Å². The zero-order chi connectivity index (χ0) is 13.8. The lowest BCUT2D eigenvalue weighted by atomic mass is 10.2. The molecule has 2 N–H and O–H groups in total. The van der Waals surface area contributed by atoms with Crippen molar-refractivity contribution < 1.29 is 13.9 Å². The van der Waals surface area contributed by atoms with Crippen molar-refractivity contribution in [1.29, 1.82) is 0 Å². The first-order valence-corrected chi connectivity index (χ1v) is 6.33. The molecular weight excluding hydrogens is 313 g/mol. The van der Waals surface area contributed by atoms with E-state index >= 15 is 0 Å². The van der Waals surface area contributed by atoms with Gasteiger partial charge in [0.25, 0.3) is 0 Å². The summed E-state index contributed by atoms with van der Waals surface area (Å²) in [6, 6.07) is 10.9. The molecule has 0 aliphatic carbocycles. The van der Waals surface area contributed by atoms with E-state index in [-0.39, 0.29) is 12.4 Å². The fourth-order valence-corrected chi connectivity index (χ4v) is 2.01. The second kappa shape index (κ2) is 5.84. The predicted octanol–water partition coefficient (Wildman–Crippen LogP) is 3.53. The summed E-state index contributed by atoms with van der Waals surface area (Å²) in [5.41, 5.74) is 7.05. The number of nitrogen functional groups attached to an aromatic ring is 1. The van der Waals surface area contributed by atoms with Gasteiger partial charge in [-0.05, 0) is 24.3 Å². The topological polar surface area (TPSA) is 52.3 Å². The molecule has 0 radical (unpaired) electrons. The summed E-state index contributed by atoms with van der Waals surface area (Å²) < 4.78 is 18.6. The van der Waals surface area contributed by atoms with Crippen molar-refractivity contribution >= 4 is 27.6 Å². The number of anilines is 1. The molecule has 0 heterocycles. The van der Waals surface area contributed by atoms with Crippen LogP contribution in [-0.2, 0) is 11.3 Å². The van der Waals surface area contributed by atoms with Crippen molar-refractivity contribution in [3.63, 3.8) is 0 Å². The Morgan fingerprint density at radius 3 is 2.68 bits per heavy atom. The van der Waals surface area contributed by atoms with Crippen molar-refractivity contribution in [2.75, 3.05) is 5.73 Å². The summed E-state index contributed by atoms with van der Waals surface area (Å²) in [4.78, 5) is 11.8. The summed E-state index contributed by atoms with van der Waals surface area (Å²) in [5, 5.41) is 0. The molecule has 0 aliphatic rings. The highest BCUT2D eigenvalue weighted by Crippen LogP contribution is 2.20. The Balaban J connectivity index is 2.07. The molecule has 3 nitrogen and oxygen atoms in total. The minimum Gasteiger partial charge on any atom is -0.457 e. The maximum atomic E-state index is 12.9. The van der Waals surface area contributed by atoms with Gasteiger partial charge in [0.1, 0.15) is 12.4 Å². The third-order valence-corrected chi connectivity index (χ3v) is 3.29. The molecule has 0 saturated heterocycles. The zero-order valence-electron chi connectivity index (χ0n) is 9.90. The first kappa shape index (κ1) is 13.5. The third kappa shape index (κ3) is 3.32. The van der Waals surface area contributed by atoms with Crippen LogP contribution >= 0.6 is 15.9 Å². The zero-order valence-corrected chi connectivity index (χ0v) is 11.5. The molecule has 0 unspecified atom stereocenters. The average molecular weight is 324 g/mol. The van der Waals surface area contributed by atoms with Crippen LogP contribution in [0.25, 0.3) is 0 Å². The molecule has 19 heavy (non-hydrogen) atoms. The van der Waals surface area contributed by atoms with Gasteiger partial charge in [0.2, 0.25) is 0 Å². The predicted molar refractivity (Wildman–Crippen MR) is 74.1 cm³/mol. The molecule has 0 spiro atoms. The molecule has 2 aromatic carbocycles. The maximum absolute atomic E-state index is 12.9. The van der Waals surface area contributed by atoms with Crippen LogP contribution in [0.1, 0.15) is 15.9 Å². The molecule has 0 fully saturated rings. The van der Waals surface area contributed by atoms with Gasteiger partial charge >= 0.3 is 5.97 Å². The smallest absolute Gasteiger partial charge is 0.340 e. The van der Waals surface area contributed by atoms with Crippen LogP contribution in [0.4, 0.5) is 10.1 Å². The Morgan fingerprint density at radius 1 is 1.26 bits per heavy atom. The second-order valence-corrected chi connectivity index (χ2v) is 4.75. The Kier molecular flexibility index (Phi) is 4.16. The van der Waals surface area contributed by atoms with Gasteiger partial charge < -0.3 is 10.5 Å². The lowest BCUT2D eigenvalue weighted by Gasteiger charge is -2.08. The van der Waals surface area contributed by atoms with E-state index < -0.39 is 5.97 Å². The number of carbonyl (C=O) groups is 1. The number of carbonyl (C=O) groups excluding carboxylic acids is 1. The van der Waals surface area contributed by atoms with Gasteiger partial charge in [0.15, 0.2) is 0 Å². The van der Waals surface area contributed by atoms with E-state index in [2.05, 4.69) is 15.9 Å². The molecule has 98 valence electrons. The van der Waals surface area contributed by atoms with Crippen LogP contribution in [-0.4, -0.2) is 5.97 Å². The number of hydrogen-bond donors (Lipinski definition) is 1. The van der Waals surface area contributed by atoms with E-state index in [1.165, 1.54) is 12.1 Å². The minimum atomic E-state index is -0.505. The Morgan fingerprint density at radius 2 is 2.00 bits per heavy atom. The number of para-hydroxylation sites is 1. The fraction of sp³-hybridized carbons (Fsp3) is 0.0714. The molecule has 0 saturated carbocycles. The van der Waals surface area contributed by atoms with E-state index in [1.54, 1.807) is 30.3 Å². The van der Waals surface area contributed by atoms with Crippen LogP contribution in [0.15, 0.2) is 46.9 Å². The number of rotatable bonds is 3. The second-order valence-electron chi connectivity index (χ2n) is 3.90. The summed E-state index contributed by atoms with van der Waals surface area (Å²) in [7, 11) is 0. The van der Waals surface area contributed by atoms with Crippen LogP contribution in [0, 0.1) is 5.82 Å². The summed E-state index contributed by atoms with van der Waals surface area (Å²) in [5.74, 6) is -0.858. The van der Waals surface area contributed by atoms with Crippen molar-refractivity contribution in [1.82, 2.24) is 0 Å². The van der Waals surface area contributed by atoms with Crippen molar-refractivity contribution in [3.05, 3.63) is 63.9 Å². The Bertz CT molecular complexity index is 616. The standard InChI is InChI=1S/C14H11BrFNO2/c15-12-7-10(16)6-5-9(12)8-19-14(18)11-3-1-2-4-13(11)17/h1-7H,8,17H2. The molecule has 0 aromatic heterocycles. The quantitative estimate of drug-likeness (QED) is 0.694. The fourth-order valence-electron chi connectivity index (χ4n) is 1.54. The lowest BCUT2D eigenvalue weighted by Crippen LogP contribution is -2.08. The number of benzene rings is 2. The Hall–Kier alpha value is -1.88. The van der Waals surface area contributed by atoms with E-state index in [0.29, 0.717) is 21.3 Å². The van der Waals surface area contributed by atoms with E-state index in [9.17, 15) is 9.18 Å². The number of hydrogen-bond acceptors (Lipinski definition) is 3. The molecular formula is C14H11BrFNO2. The monoisotopic (exact) mass is 323 g/mol. The molecule has 0 atom stereocenters. The summed E-state index contributed by atoms with van der Waals surface area (Å²) in [6.45, 7) is 0.0496. The molecule has 2 aromatic rings. The van der Waals surface area contributed by atoms with Gasteiger partial charge in [0.05, 0.1) is 5.56 Å². The maximum Gasteiger partial charge on any atom is 0.340 e. The van der Waals surface area contributed by atoms with Gasteiger partial charge in [-0.25, -0.2) is 9.18 Å². The van der Waals surface area contributed by atoms with Gasteiger partial charge in [-0.2, -0.15) is 0 Å². The van der Waals surface area contributed by atoms with Gasteiger partial charge in [-0.15, -0.1) is 0 Å². The molecule has 0 aliphatic heterocycles. The van der Waals surface area contributed by atoms with Crippen LogP contribution < -0.4 is 5.73 Å². The largest absolute Gasteiger partial charge is 0.457 e.